The van der Waals surface area contributed by atoms with Gasteiger partial charge in [0.2, 0.25) is 5.91 Å². The Morgan fingerprint density at radius 2 is 2.07 bits per heavy atom. The number of carbonyl (C=O) groups is 1. The molecule has 1 aromatic rings. The minimum absolute atomic E-state index is 0.238. The van der Waals surface area contributed by atoms with Crippen LogP contribution in [0.2, 0.25) is 0 Å². The van der Waals surface area contributed by atoms with Gasteiger partial charge in [0.15, 0.2) is 0 Å². The third-order valence-electron chi connectivity index (χ3n) is 6.20. The Balaban J connectivity index is 1.57. The van der Waals surface area contributed by atoms with Crippen molar-refractivity contribution in [2.24, 2.45) is 5.92 Å². The Morgan fingerprint density at radius 3 is 2.73 bits per heavy atom. The Bertz CT molecular complexity index is 785. The maximum absolute atomic E-state index is 12.9. The summed E-state index contributed by atoms with van der Waals surface area (Å²) in [6.45, 7) is 1.01. The molecule has 5 nitrogen and oxygen atoms in total. The molecule has 0 radical (unpaired) electrons. The van der Waals surface area contributed by atoms with Crippen molar-refractivity contribution >= 4 is 5.91 Å². The molecule has 2 aliphatic rings. The number of nitrogens with one attached hydrogen (secondary N) is 2. The molecule has 1 amide bonds. The third-order valence-corrected chi connectivity index (χ3v) is 6.20. The van der Waals surface area contributed by atoms with Gasteiger partial charge in [0.05, 0.1) is 11.6 Å². The zero-order valence-electron chi connectivity index (χ0n) is 17.0. The lowest BCUT2D eigenvalue weighted by Gasteiger charge is -2.31. The number of rotatable bonds is 6. The molecule has 1 saturated heterocycles. The number of nitrogens with zero attached hydrogens (tertiary/aromatic N) is 2. The van der Waals surface area contributed by atoms with Crippen LogP contribution in [0, 0.1) is 17.2 Å². The average Bonchev–Trinajstić information content (AvgIpc) is 3.11. The number of likely N-dealkylation sites (tertiary alicyclic amines) is 1. The van der Waals surface area contributed by atoms with Crippen molar-refractivity contribution < 1.29 is 18.0 Å². The van der Waals surface area contributed by atoms with E-state index in [1.54, 1.807) is 6.07 Å². The normalized spacial score (nSPS) is 24.4. The molecule has 0 bridgehead atoms. The maximum atomic E-state index is 12.9. The predicted molar refractivity (Wildman–Crippen MR) is 107 cm³/mol. The first-order chi connectivity index (χ1) is 14.2. The van der Waals surface area contributed by atoms with Gasteiger partial charge in [-0.25, -0.2) is 0 Å². The lowest BCUT2D eigenvalue weighted by molar-refractivity contribution is -0.137. The molecule has 2 atom stereocenters. The van der Waals surface area contributed by atoms with Crippen LogP contribution >= 0.6 is 0 Å². The van der Waals surface area contributed by atoms with Crippen LogP contribution in [0.3, 0.4) is 0 Å². The summed E-state index contributed by atoms with van der Waals surface area (Å²) in [4.78, 5) is 14.4. The molecule has 2 N–H and O–H groups in total. The number of amides is 1. The Kier molecular flexibility index (Phi) is 7.04. The lowest BCUT2D eigenvalue weighted by Crippen LogP contribution is -2.52. The summed E-state index contributed by atoms with van der Waals surface area (Å²) < 4.78 is 38.8. The first kappa shape index (κ1) is 22.6. The minimum Gasteiger partial charge on any atom is -0.667 e. The molecule has 3 rings (SSSR count). The number of benzene rings is 1. The number of halogens is 3. The molecular formula is C22H28F3N4O-. The highest BCUT2D eigenvalue weighted by atomic mass is 19.4. The number of hydrogen-bond donors (Lipinski definition) is 1. The highest BCUT2D eigenvalue weighted by Gasteiger charge is 2.40. The first-order valence-corrected chi connectivity index (χ1v) is 10.5. The van der Waals surface area contributed by atoms with Gasteiger partial charge < -0.3 is 11.1 Å². The van der Waals surface area contributed by atoms with Gasteiger partial charge in [0, 0.05) is 19.6 Å². The molecule has 30 heavy (non-hydrogen) atoms. The summed E-state index contributed by atoms with van der Waals surface area (Å²) >= 11 is 0. The van der Waals surface area contributed by atoms with Crippen LogP contribution in [0.4, 0.5) is 13.2 Å². The molecular weight excluding hydrogens is 393 g/mol. The Labute approximate surface area is 175 Å². The van der Waals surface area contributed by atoms with Crippen molar-refractivity contribution in [2.45, 2.75) is 69.2 Å². The quantitative estimate of drug-likeness (QED) is 0.724. The van der Waals surface area contributed by atoms with E-state index in [1.807, 2.05) is 4.90 Å². The largest absolute Gasteiger partial charge is 0.667 e. The van der Waals surface area contributed by atoms with Gasteiger partial charge in [-0.15, -0.1) is 0 Å². The summed E-state index contributed by atoms with van der Waals surface area (Å²) in [6, 6.07) is 6.45. The number of nitriles is 1. The number of carbonyl (C=O) groups excluding carboxylic acids is 1. The monoisotopic (exact) mass is 421 g/mol. The fraction of sp³-hybridized carbons (Fsp3) is 0.636. The van der Waals surface area contributed by atoms with Crippen molar-refractivity contribution in [3.63, 3.8) is 0 Å². The van der Waals surface area contributed by atoms with E-state index in [0.717, 1.165) is 37.8 Å². The van der Waals surface area contributed by atoms with Crippen LogP contribution in [-0.2, 0) is 17.5 Å². The van der Waals surface area contributed by atoms with Crippen LogP contribution in [0.15, 0.2) is 24.3 Å². The van der Waals surface area contributed by atoms with E-state index in [4.69, 9.17) is 5.73 Å². The summed E-state index contributed by atoms with van der Waals surface area (Å²) in [6.07, 6.45) is 2.12. The smallest absolute Gasteiger partial charge is 0.416 e. The molecule has 2 fully saturated rings. The zero-order chi connectivity index (χ0) is 21.8. The van der Waals surface area contributed by atoms with E-state index in [-0.39, 0.29) is 13.1 Å². The van der Waals surface area contributed by atoms with Crippen LogP contribution in [0.5, 0.6) is 0 Å². The van der Waals surface area contributed by atoms with Gasteiger partial charge in [-0.1, -0.05) is 62.8 Å². The second-order valence-corrected chi connectivity index (χ2v) is 8.63. The second-order valence-electron chi connectivity index (χ2n) is 8.63. The molecule has 1 aliphatic heterocycles. The topological polar surface area (TPSA) is 79.9 Å². The standard InChI is InChI=1S/C22H28F3N4O/c23-22(24,25)18-8-4-7-17(11-18)13-29-10-9-21(14-26,15-29)28-20(30)19(27)12-16-5-2-1-3-6-16/h4,7-8,11,16,19,27H,1-3,5-6,9-10,12-13,15H2,(H,28,30)/q-1. The molecule has 1 aromatic carbocycles. The highest BCUT2D eigenvalue weighted by molar-refractivity contribution is 5.84. The average molecular weight is 421 g/mol. The SMILES string of the molecule is N#CC1(NC(=O)C([NH-])CC2CCCCC2)CCN(Cc2cccc(C(F)(F)F)c2)C1. The van der Waals surface area contributed by atoms with E-state index in [2.05, 4.69) is 11.4 Å². The third kappa shape index (κ3) is 5.73. The first-order valence-electron chi connectivity index (χ1n) is 10.5. The molecule has 8 heteroatoms. The molecule has 1 heterocycles. The van der Waals surface area contributed by atoms with Gasteiger partial charge in [0.25, 0.3) is 0 Å². The lowest BCUT2D eigenvalue weighted by atomic mass is 9.84. The second kappa shape index (κ2) is 9.36. The van der Waals surface area contributed by atoms with Crippen molar-refractivity contribution in [1.29, 1.82) is 5.26 Å². The van der Waals surface area contributed by atoms with E-state index in [9.17, 15) is 23.2 Å². The fourth-order valence-corrected chi connectivity index (χ4v) is 4.54. The minimum atomic E-state index is -4.40. The van der Waals surface area contributed by atoms with E-state index >= 15 is 0 Å². The maximum Gasteiger partial charge on any atom is 0.416 e. The Morgan fingerprint density at radius 1 is 1.33 bits per heavy atom. The van der Waals surface area contributed by atoms with Gasteiger partial charge in [-0.05, 0) is 24.0 Å². The summed E-state index contributed by atoms with van der Waals surface area (Å²) in [5, 5.41) is 12.5. The van der Waals surface area contributed by atoms with Crippen molar-refractivity contribution in [1.82, 2.24) is 10.2 Å². The van der Waals surface area contributed by atoms with Crippen LogP contribution in [0.25, 0.3) is 5.73 Å². The van der Waals surface area contributed by atoms with Crippen LogP contribution in [-0.4, -0.2) is 35.5 Å². The number of hydrogen-bond acceptors (Lipinski definition) is 3. The van der Waals surface area contributed by atoms with E-state index in [0.29, 0.717) is 30.9 Å². The molecule has 164 valence electrons. The molecule has 1 aliphatic carbocycles. The van der Waals surface area contributed by atoms with Crippen molar-refractivity contribution in [2.75, 3.05) is 13.1 Å². The molecule has 2 unspecified atom stereocenters. The predicted octanol–water partition coefficient (Wildman–Crippen LogP) is 4.68. The van der Waals surface area contributed by atoms with Crippen LogP contribution < -0.4 is 5.32 Å². The van der Waals surface area contributed by atoms with Crippen LogP contribution in [0.1, 0.15) is 56.1 Å². The van der Waals surface area contributed by atoms with Gasteiger partial charge in [-0.2, -0.15) is 18.4 Å². The molecule has 1 saturated carbocycles. The van der Waals surface area contributed by atoms with Crippen molar-refractivity contribution in [3.05, 3.63) is 41.1 Å². The van der Waals surface area contributed by atoms with Gasteiger partial charge >= 0.3 is 6.18 Å². The number of alkyl halides is 3. The van der Waals surface area contributed by atoms with E-state index in [1.165, 1.54) is 12.5 Å². The molecule has 0 spiro atoms. The summed E-state index contributed by atoms with van der Waals surface area (Å²) in [5.41, 5.74) is 6.94. The van der Waals surface area contributed by atoms with E-state index < -0.39 is 29.2 Å². The highest BCUT2D eigenvalue weighted by Crippen LogP contribution is 2.31. The Hall–Kier alpha value is -2.11. The summed E-state index contributed by atoms with van der Waals surface area (Å²) in [5.74, 6) is -0.0333. The van der Waals surface area contributed by atoms with Gasteiger partial charge in [-0.3, -0.25) is 9.69 Å². The zero-order valence-corrected chi connectivity index (χ0v) is 17.0. The summed E-state index contributed by atoms with van der Waals surface area (Å²) in [7, 11) is 0. The molecule has 0 aromatic heterocycles. The fourth-order valence-electron chi connectivity index (χ4n) is 4.54. The van der Waals surface area contributed by atoms with Gasteiger partial charge in [0.1, 0.15) is 5.54 Å². The van der Waals surface area contributed by atoms with Crippen molar-refractivity contribution in [3.8, 4) is 6.07 Å².